The number of nitrogens with two attached hydrogens (primary N) is 1. The SMILES string of the molecule is CCc1oc2ccccc2c1C(N)c1c(F)cccc1Cl. The lowest BCUT2D eigenvalue weighted by molar-refractivity contribution is 0.543. The van der Waals surface area contributed by atoms with Crippen LogP contribution in [0.25, 0.3) is 11.0 Å². The summed E-state index contributed by atoms with van der Waals surface area (Å²) < 4.78 is 20.0. The molecule has 0 bridgehead atoms. The Morgan fingerprint density at radius 3 is 2.62 bits per heavy atom. The molecule has 0 aliphatic heterocycles. The van der Waals surface area contributed by atoms with Crippen LogP contribution in [-0.4, -0.2) is 0 Å². The van der Waals surface area contributed by atoms with Crippen molar-refractivity contribution in [2.75, 3.05) is 0 Å². The summed E-state index contributed by atoms with van der Waals surface area (Å²) in [7, 11) is 0. The van der Waals surface area contributed by atoms with Gasteiger partial charge < -0.3 is 10.2 Å². The Hall–Kier alpha value is -1.84. The number of fused-ring (bicyclic) bond motifs is 1. The van der Waals surface area contributed by atoms with E-state index in [1.807, 2.05) is 31.2 Å². The van der Waals surface area contributed by atoms with Gasteiger partial charge in [-0.05, 0) is 18.2 Å². The highest BCUT2D eigenvalue weighted by Gasteiger charge is 2.24. The summed E-state index contributed by atoms with van der Waals surface area (Å²) in [5.41, 5.74) is 8.19. The number of halogens is 2. The second-order valence-electron chi connectivity index (χ2n) is 4.90. The van der Waals surface area contributed by atoms with Crippen LogP contribution in [0, 0.1) is 5.82 Å². The van der Waals surface area contributed by atoms with E-state index >= 15 is 0 Å². The van der Waals surface area contributed by atoms with Crippen molar-refractivity contribution in [2.24, 2.45) is 5.73 Å². The van der Waals surface area contributed by atoms with Crippen LogP contribution >= 0.6 is 11.6 Å². The zero-order valence-electron chi connectivity index (χ0n) is 11.6. The van der Waals surface area contributed by atoms with Gasteiger partial charge in [0, 0.05) is 28.0 Å². The first-order chi connectivity index (χ1) is 10.1. The minimum atomic E-state index is -0.655. The molecule has 21 heavy (non-hydrogen) atoms. The molecule has 0 saturated carbocycles. The quantitative estimate of drug-likeness (QED) is 0.752. The Morgan fingerprint density at radius 2 is 1.90 bits per heavy atom. The number of para-hydroxylation sites is 1. The van der Waals surface area contributed by atoms with E-state index in [0.29, 0.717) is 17.0 Å². The Balaban J connectivity index is 2.24. The van der Waals surface area contributed by atoms with E-state index in [1.165, 1.54) is 6.07 Å². The maximum absolute atomic E-state index is 14.1. The van der Waals surface area contributed by atoms with Gasteiger partial charge in [0.1, 0.15) is 17.2 Å². The smallest absolute Gasteiger partial charge is 0.134 e. The zero-order valence-corrected chi connectivity index (χ0v) is 12.3. The number of rotatable bonds is 3. The Morgan fingerprint density at radius 1 is 1.14 bits per heavy atom. The van der Waals surface area contributed by atoms with Gasteiger partial charge >= 0.3 is 0 Å². The molecule has 0 saturated heterocycles. The molecule has 2 nitrogen and oxygen atoms in total. The highest BCUT2D eigenvalue weighted by atomic mass is 35.5. The van der Waals surface area contributed by atoms with Crippen molar-refractivity contribution < 1.29 is 8.81 Å². The van der Waals surface area contributed by atoms with Gasteiger partial charge in [0.05, 0.1) is 6.04 Å². The molecule has 4 heteroatoms. The van der Waals surface area contributed by atoms with E-state index in [2.05, 4.69) is 0 Å². The maximum atomic E-state index is 14.1. The molecule has 1 heterocycles. The van der Waals surface area contributed by atoms with E-state index in [0.717, 1.165) is 22.3 Å². The van der Waals surface area contributed by atoms with Crippen LogP contribution in [0.3, 0.4) is 0 Å². The summed E-state index contributed by atoms with van der Waals surface area (Å²) >= 11 is 6.14. The average molecular weight is 304 g/mol. The summed E-state index contributed by atoms with van der Waals surface area (Å²) in [6.07, 6.45) is 0.684. The highest BCUT2D eigenvalue weighted by molar-refractivity contribution is 6.31. The normalized spacial score (nSPS) is 12.8. The van der Waals surface area contributed by atoms with Crippen LogP contribution in [0.2, 0.25) is 5.02 Å². The third-order valence-electron chi connectivity index (χ3n) is 3.65. The Labute approximate surface area is 127 Å². The summed E-state index contributed by atoms with van der Waals surface area (Å²) in [5.74, 6) is 0.366. The second-order valence-corrected chi connectivity index (χ2v) is 5.31. The molecule has 0 aliphatic carbocycles. The van der Waals surface area contributed by atoms with Crippen molar-refractivity contribution in [3.05, 3.63) is 70.2 Å². The van der Waals surface area contributed by atoms with Gasteiger partial charge in [0.15, 0.2) is 0 Å². The molecule has 3 aromatic rings. The molecule has 0 aliphatic rings. The molecule has 0 amide bonds. The molecule has 2 N–H and O–H groups in total. The van der Waals surface area contributed by atoms with E-state index in [4.69, 9.17) is 21.8 Å². The molecule has 0 radical (unpaired) electrons. The topological polar surface area (TPSA) is 39.2 Å². The standard InChI is InChI=1S/C17H15ClFNO/c1-2-13-15(10-6-3-4-9-14(10)21-13)17(20)16-11(18)7-5-8-12(16)19/h3-9,17H,2,20H2,1H3. The van der Waals surface area contributed by atoms with Crippen molar-refractivity contribution in [3.63, 3.8) is 0 Å². The first-order valence-electron chi connectivity index (χ1n) is 6.83. The largest absolute Gasteiger partial charge is 0.461 e. The summed E-state index contributed by atoms with van der Waals surface area (Å²) in [6, 6.07) is 11.6. The van der Waals surface area contributed by atoms with Crippen LogP contribution < -0.4 is 5.73 Å². The Bertz CT molecular complexity index is 776. The molecular formula is C17H15ClFNO. The van der Waals surface area contributed by atoms with Crippen molar-refractivity contribution >= 4 is 22.6 Å². The van der Waals surface area contributed by atoms with Crippen LogP contribution in [0.15, 0.2) is 46.9 Å². The monoisotopic (exact) mass is 303 g/mol. The van der Waals surface area contributed by atoms with Gasteiger partial charge in [-0.1, -0.05) is 42.8 Å². The molecule has 2 aromatic carbocycles. The lowest BCUT2D eigenvalue weighted by atomic mass is 9.95. The minimum Gasteiger partial charge on any atom is -0.461 e. The molecule has 108 valence electrons. The van der Waals surface area contributed by atoms with E-state index in [1.54, 1.807) is 12.1 Å². The van der Waals surface area contributed by atoms with Gasteiger partial charge in [-0.15, -0.1) is 0 Å². The van der Waals surface area contributed by atoms with E-state index in [-0.39, 0.29) is 0 Å². The second kappa shape index (κ2) is 5.51. The summed E-state index contributed by atoms with van der Waals surface area (Å²) in [6.45, 7) is 1.98. The summed E-state index contributed by atoms with van der Waals surface area (Å²) in [5, 5.41) is 1.23. The fourth-order valence-electron chi connectivity index (χ4n) is 2.67. The van der Waals surface area contributed by atoms with Crippen molar-refractivity contribution in [3.8, 4) is 0 Å². The molecule has 1 aromatic heterocycles. The van der Waals surface area contributed by atoms with Crippen LogP contribution in [0.4, 0.5) is 4.39 Å². The third-order valence-corrected chi connectivity index (χ3v) is 3.98. The van der Waals surface area contributed by atoms with Gasteiger partial charge in [-0.25, -0.2) is 4.39 Å². The van der Waals surface area contributed by atoms with Crippen LogP contribution in [0.1, 0.15) is 29.9 Å². The van der Waals surface area contributed by atoms with Gasteiger partial charge in [0.25, 0.3) is 0 Å². The molecule has 3 rings (SSSR count). The van der Waals surface area contributed by atoms with Crippen LogP contribution in [-0.2, 0) is 6.42 Å². The predicted octanol–water partition coefficient (Wildman–Crippen LogP) is 4.84. The lowest BCUT2D eigenvalue weighted by Crippen LogP contribution is -2.15. The average Bonchev–Trinajstić information content (AvgIpc) is 2.85. The molecule has 0 fully saturated rings. The van der Waals surface area contributed by atoms with Gasteiger partial charge in [-0.3, -0.25) is 0 Å². The zero-order chi connectivity index (χ0) is 15.0. The van der Waals surface area contributed by atoms with E-state index < -0.39 is 11.9 Å². The maximum Gasteiger partial charge on any atom is 0.134 e. The first kappa shape index (κ1) is 14.1. The predicted molar refractivity (Wildman–Crippen MR) is 83.0 cm³/mol. The molecule has 1 unspecified atom stereocenters. The molecule has 0 spiro atoms. The van der Waals surface area contributed by atoms with E-state index in [9.17, 15) is 4.39 Å². The highest BCUT2D eigenvalue weighted by Crippen LogP contribution is 2.36. The molecule has 1 atom stereocenters. The molecular weight excluding hydrogens is 289 g/mol. The number of furan rings is 1. The Kier molecular flexibility index (Phi) is 3.70. The fourth-order valence-corrected chi connectivity index (χ4v) is 2.95. The van der Waals surface area contributed by atoms with Crippen LogP contribution in [0.5, 0.6) is 0 Å². The number of hydrogen-bond acceptors (Lipinski definition) is 2. The van der Waals surface area contributed by atoms with Gasteiger partial charge in [0.2, 0.25) is 0 Å². The summed E-state index contributed by atoms with van der Waals surface area (Å²) in [4.78, 5) is 0. The lowest BCUT2D eigenvalue weighted by Gasteiger charge is -2.15. The fraction of sp³-hybridized carbons (Fsp3) is 0.176. The van der Waals surface area contributed by atoms with Crippen molar-refractivity contribution in [1.29, 1.82) is 0 Å². The van der Waals surface area contributed by atoms with Gasteiger partial charge in [-0.2, -0.15) is 0 Å². The number of hydrogen-bond donors (Lipinski definition) is 1. The number of benzene rings is 2. The minimum absolute atomic E-state index is 0.306. The van der Waals surface area contributed by atoms with Crippen molar-refractivity contribution in [2.45, 2.75) is 19.4 Å². The number of aryl methyl sites for hydroxylation is 1. The first-order valence-corrected chi connectivity index (χ1v) is 7.21. The van der Waals surface area contributed by atoms with Crippen molar-refractivity contribution in [1.82, 2.24) is 0 Å². The third kappa shape index (κ3) is 2.33.